The minimum atomic E-state index is 0.0415. The summed E-state index contributed by atoms with van der Waals surface area (Å²) in [5.74, 6) is 0.915. The average Bonchev–Trinajstić information content (AvgIpc) is 2.67. The van der Waals surface area contributed by atoms with Crippen LogP contribution in [0.25, 0.3) is 10.2 Å². The lowest BCUT2D eigenvalue weighted by Gasteiger charge is -2.25. The summed E-state index contributed by atoms with van der Waals surface area (Å²) in [6.07, 6.45) is 0. The summed E-state index contributed by atoms with van der Waals surface area (Å²) in [5, 5.41) is 6.58. The van der Waals surface area contributed by atoms with Gasteiger partial charge in [-0.15, -0.1) is 0 Å². The van der Waals surface area contributed by atoms with Gasteiger partial charge in [-0.05, 0) is 18.2 Å². The number of aromatic nitrogens is 1. The Bertz CT molecular complexity index is 592. The van der Waals surface area contributed by atoms with E-state index in [1.807, 2.05) is 18.2 Å². The number of ether oxygens (including phenoxy) is 1. The van der Waals surface area contributed by atoms with Gasteiger partial charge >= 0.3 is 0 Å². The van der Waals surface area contributed by atoms with Gasteiger partial charge in [0.2, 0.25) is 5.91 Å². The molecule has 1 aliphatic heterocycles. The number of nitrogens with one attached hydrogen (secondary N) is 2. The molecule has 6 heteroatoms. The standard InChI is InChI=1S/C12H13N3O2S/c1-17-8-2-3-9-10(4-8)18-12(14-9)15-11(16)7-5-13-6-7/h2-4,7,13H,5-6H2,1H3,(H,14,15,16). The van der Waals surface area contributed by atoms with Crippen molar-refractivity contribution in [2.45, 2.75) is 0 Å². The molecule has 0 unspecified atom stereocenters. The van der Waals surface area contributed by atoms with E-state index in [4.69, 9.17) is 4.74 Å². The third-order valence-corrected chi connectivity index (χ3v) is 3.91. The van der Waals surface area contributed by atoms with Crippen LogP contribution in [0.2, 0.25) is 0 Å². The molecule has 0 bridgehead atoms. The van der Waals surface area contributed by atoms with E-state index in [1.165, 1.54) is 11.3 Å². The number of benzene rings is 1. The van der Waals surface area contributed by atoms with Crippen molar-refractivity contribution in [1.29, 1.82) is 0 Å². The van der Waals surface area contributed by atoms with Crippen LogP contribution >= 0.6 is 11.3 Å². The molecule has 1 saturated heterocycles. The zero-order valence-electron chi connectivity index (χ0n) is 9.90. The molecule has 18 heavy (non-hydrogen) atoms. The Morgan fingerprint density at radius 3 is 3.06 bits per heavy atom. The fourth-order valence-electron chi connectivity index (χ4n) is 1.77. The van der Waals surface area contributed by atoms with E-state index in [-0.39, 0.29) is 11.8 Å². The second kappa shape index (κ2) is 4.55. The molecule has 2 aromatic rings. The predicted molar refractivity (Wildman–Crippen MR) is 71.2 cm³/mol. The molecule has 1 fully saturated rings. The van der Waals surface area contributed by atoms with E-state index in [9.17, 15) is 4.79 Å². The number of rotatable bonds is 3. The van der Waals surface area contributed by atoms with E-state index in [0.29, 0.717) is 5.13 Å². The zero-order chi connectivity index (χ0) is 12.5. The van der Waals surface area contributed by atoms with E-state index >= 15 is 0 Å². The molecule has 3 rings (SSSR count). The highest BCUT2D eigenvalue weighted by Crippen LogP contribution is 2.29. The first kappa shape index (κ1) is 11.4. The second-order valence-corrected chi connectivity index (χ2v) is 5.23. The third-order valence-electron chi connectivity index (χ3n) is 2.98. The lowest BCUT2D eigenvalue weighted by Crippen LogP contribution is -2.48. The average molecular weight is 263 g/mol. The molecule has 2 heterocycles. The Morgan fingerprint density at radius 1 is 1.56 bits per heavy atom. The fraction of sp³-hybridized carbons (Fsp3) is 0.333. The Labute approximate surface area is 108 Å². The molecule has 0 saturated carbocycles. The molecular formula is C12H13N3O2S. The van der Waals surface area contributed by atoms with Gasteiger partial charge in [-0.1, -0.05) is 11.3 Å². The minimum Gasteiger partial charge on any atom is -0.497 e. The van der Waals surface area contributed by atoms with E-state index in [0.717, 1.165) is 29.1 Å². The maximum absolute atomic E-state index is 11.8. The highest BCUT2D eigenvalue weighted by molar-refractivity contribution is 7.22. The van der Waals surface area contributed by atoms with Crippen molar-refractivity contribution in [3.8, 4) is 5.75 Å². The van der Waals surface area contributed by atoms with Gasteiger partial charge in [0.15, 0.2) is 5.13 Å². The van der Waals surface area contributed by atoms with Gasteiger partial charge < -0.3 is 15.4 Å². The summed E-state index contributed by atoms with van der Waals surface area (Å²) >= 11 is 1.46. The van der Waals surface area contributed by atoms with Gasteiger partial charge in [0.25, 0.3) is 0 Å². The van der Waals surface area contributed by atoms with Crippen LogP contribution in [0.3, 0.4) is 0 Å². The van der Waals surface area contributed by atoms with Gasteiger partial charge in [0.05, 0.1) is 23.2 Å². The number of fused-ring (bicyclic) bond motifs is 1. The molecule has 2 N–H and O–H groups in total. The Morgan fingerprint density at radius 2 is 2.39 bits per heavy atom. The van der Waals surface area contributed by atoms with Gasteiger partial charge in [-0.2, -0.15) is 0 Å². The summed E-state index contributed by atoms with van der Waals surface area (Å²) in [6, 6.07) is 5.68. The van der Waals surface area contributed by atoms with Crippen LogP contribution < -0.4 is 15.4 Å². The molecule has 1 aromatic carbocycles. The normalized spacial score (nSPS) is 15.4. The predicted octanol–water partition coefficient (Wildman–Crippen LogP) is 1.46. The quantitative estimate of drug-likeness (QED) is 0.880. The van der Waals surface area contributed by atoms with Gasteiger partial charge in [0, 0.05) is 13.1 Å². The number of methoxy groups -OCH3 is 1. The van der Waals surface area contributed by atoms with E-state index in [1.54, 1.807) is 7.11 Å². The Hall–Kier alpha value is -1.66. The van der Waals surface area contributed by atoms with Crippen molar-refractivity contribution < 1.29 is 9.53 Å². The number of carbonyl (C=O) groups is 1. The molecule has 1 aromatic heterocycles. The van der Waals surface area contributed by atoms with Crippen molar-refractivity contribution in [2.24, 2.45) is 5.92 Å². The second-order valence-electron chi connectivity index (χ2n) is 4.20. The maximum Gasteiger partial charge on any atom is 0.231 e. The minimum absolute atomic E-state index is 0.0415. The molecule has 1 amide bonds. The first-order chi connectivity index (χ1) is 8.76. The van der Waals surface area contributed by atoms with Crippen LogP contribution in [0.1, 0.15) is 0 Å². The van der Waals surface area contributed by atoms with Crippen LogP contribution in [-0.4, -0.2) is 31.1 Å². The van der Waals surface area contributed by atoms with Gasteiger partial charge in [0.1, 0.15) is 5.75 Å². The van der Waals surface area contributed by atoms with Crippen molar-refractivity contribution in [2.75, 3.05) is 25.5 Å². The topological polar surface area (TPSA) is 63.2 Å². The van der Waals surface area contributed by atoms with Crippen LogP contribution in [-0.2, 0) is 4.79 Å². The summed E-state index contributed by atoms with van der Waals surface area (Å²) in [7, 11) is 1.63. The number of anilines is 1. The fourth-order valence-corrected chi connectivity index (χ4v) is 2.66. The summed E-state index contributed by atoms with van der Waals surface area (Å²) in [4.78, 5) is 16.2. The Balaban J connectivity index is 1.81. The molecule has 0 aliphatic carbocycles. The summed E-state index contributed by atoms with van der Waals surface area (Å²) in [5.41, 5.74) is 0.878. The Kier molecular flexibility index (Phi) is 2.89. The lowest BCUT2D eigenvalue weighted by atomic mass is 10.0. The van der Waals surface area contributed by atoms with Crippen LogP contribution in [0.4, 0.5) is 5.13 Å². The van der Waals surface area contributed by atoms with E-state index < -0.39 is 0 Å². The SMILES string of the molecule is COc1ccc2nc(NC(=O)C3CNC3)sc2c1. The zero-order valence-corrected chi connectivity index (χ0v) is 10.7. The molecule has 0 spiro atoms. The molecular weight excluding hydrogens is 250 g/mol. The van der Waals surface area contributed by atoms with Crippen molar-refractivity contribution in [1.82, 2.24) is 10.3 Å². The van der Waals surface area contributed by atoms with Crippen LogP contribution in [0.15, 0.2) is 18.2 Å². The smallest absolute Gasteiger partial charge is 0.231 e. The van der Waals surface area contributed by atoms with E-state index in [2.05, 4.69) is 15.6 Å². The van der Waals surface area contributed by atoms with Crippen molar-refractivity contribution in [3.63, 3.8) is 0 Å². The summed E-state index contributed by atoms with van der Waals surface area (Å²) < 4.78 is 6.17. The van der Waals surface area contributed by atoms with Gasteiger partial charge in [-0.3, -0.25) is 4.79 Å². The summed E-state index contributed by atoms with van der Waals surface area (Å²) in [6.45, 7) is 1.51. The van der Waals surface area contributed by atoms with Crippen LogP contribution in [0.5, 0.6) is 5.75 Å². The molecule has 0 atom stereocenters. The number of hydrogen-bond donors (Lipinski definition) is 2. The molecule has 5 nitrogen and oxygen atoms in total. The number of carbonyl (C=O) groups excluding carboxylic acids is 1. The first-order valence-electron chi connectivity index (χ1n) is 5.72. The number of nitrogens with zero attached hydrogens (tertiary/aromatic N) is 1. The van der Waals surface area contributed by atoms with Crippen LogP contribution in [0, 0.1) is 5.92 Å². The molecule has 1 aliphatic rings. The molecule has 94 valence electrons. The number of amides is 1. The highest BCUT2D eigenvalue weighted by atomic mass is 32.1. The van der Waals surface area contributed by atoms with Gasteiger partial charge in [-0.25, -0.2) is 4.98 Å². The molecule has 0 radical (unpaired) electrons. The monoisotopic (exact) mass is 263 g/mol. The van der Waals surface area contributed by atoms with Crippen molar-refractivity contribution in [3.05, 3.63) is 18.2 Å². The number of thiazole rings is 1. The number of hydrogen-bond acceptors (Lipinski definition) is 5. The highest BCUT2D eigenvalue weighted by Gasteiger charge is 2.25. The largest absolute Gasteiger partial charge is 0.497 e. The van der Waals surface area contributed by atoms with Crippen molar-refractivity contribution >= 4 is 32.6 Å². The lowest BCUT2D eigenvalue weighted by molar-refractivity contribution is -0.121. The maximum atomic E-state index is 11.8. The third kappa shape index (κ3) is 2.04. The first-order valence-corrected chi connectivity index (χ1v) is 6.54.